The monoisotopic (exact) mass is 328 g/mol. The van der Waals surface area contributed by atoms with Gasteiger partial charge >= 0.3 is 0 Å². The summed E-state index contributed by atoms with van der Waals surface area (Å²) in [5.41, 5.74) is 0.609. The number of carbonyl (C=O) groups excluding carboxylic acids is 1. The van der Waals surface area contributed by atoms with E-state index in [-0.39, 0.29) is 24.9 Å². The Hall–Kier alpha value is -1.60. The first-order chi connectivity index (χ1) is 10.3. The van der Waals surface area contributed by atoms with E-state index in [0.717, 1.165) is 0 Å². The molecule has 0 aliphatic rings. The van der Waals surface area contributed by atoms with Crippen molar-refractivity contribution < 1.29 is 17.9 Å². The number of nitrogens with zero attached hydrogens (tertiary/aromatic N) is 1. The number of methoxy groups -OCH3 is 1. The molecule has 0 unspecified atom stereocenters. The van der Waals surface area contributed by atoms with E-state index in [2.05, 4.69) is 5.32 Å². The Morgan fingerprint density at radius 2 is 1.95 bits per heavy atom. The third kappa shape index (κ3) is 6.44. The van der Waals surface area contributed by atoms with Gasteiger partial charge in [-0.2, -0.15) is 0 Å². The van der Waals surface area contributed by atoms with Gasteiger partial charge in [0.2, 0.25) is 15.9 Å². The molecule has 0 heterocycles. The van der Waals surface area contributed by atoms with Crippen molar-refractivity contribution in [1.29, 1.82) is 0 Å². The van der Waals surface area contributed by atoms with E-state index < -0.39 is 10.0 Å². The third-order valence-electron chi connectivity index (χ3n) is 3.03. The van der Waals surface area contributed by atoms with Crippen LogP contribution in [-0.4, -0.2) is 46.9 Å². The summed E-state index contributed by atoms with van der Waals surface area (Å²) in [5.74, 6) is -0.105. The van der Waals surface area contributed by atoms with Gasteiger partial charge in [0.25, 0.3) is 0 Å². The van der Waals surface area contributed by atoms with E-state index in [1.54, 1.807) is 31.4 Å². The first kappa shape index (κ1) is 18.4. The van der Waals surface area contributed by atoms with Gasteiger partial charge in [-0.1, -0.05) is 18.2 Å². The Morgan fingerprint density at radius 1 is 1.32 bits per heavy atom. The van der Waals surface area contributed by atoms with Gasteiger partial charge in [-0.3, -0.25) is 9.10 Å². The Morgan fingerprint density at radius 3 is 2.50 bits per heavy atom. The van der Waals surface area contributed by atoms with Crippen LogP contribution >= 0.6 is 0 Å². The number of carbonyl (C=O) groups is 1. The fourth-order valence-electron chi connectivity index (χ4n) is 2.10. The van der Waals surface area contributed by atoms with Crippen LogP contribution in [0.2, 0.25) is 0 Å². The largest absolute Gasteiger partial charge is 0.383 e. The summed E-state index contributed by atoms with van der Waals surface area (Å²) in [6.07, 6.45) is 1.89. The molecule has 0 fully saturated rings. The number of ether oxygens (including phenoxy) is 1. The number of sulfonamides is 1. The standard InChI is InChI=1S/C15H24N2O4S/c1-13(12-21-2)16-15(18)10-7-11-17(22(3,19)20)14-8-5-4-6-9-14/h4-6,8-9,13H,7,10-12H2,1-3H3,(H,16,18)/t13-/m1/s1. The molecule has 0 radical (unpaired) electrons. The van der Waals surface area contributed by atoms with E-state index in [1.807, 2.05) is 13.0 Å². The molecule has 6 nitrogen and oxygen atoms in total. The van der Waals surface area contributed by atoms with Crippen molar-refractivity contribution in [2.75, 3.05) is 30.8 Å². The van der Waals surface area contributed by atoms with Crippen molar-refractivity contribution in [2.24, 2.45) is 0 Å². The van der Waals surface area contributed by atoms with Crippen LogP contribution in [0.15, 0.2) is 30.3 Å². The van der Waals surface area contributed by atoms with Gasteiger partial charge in [-0.15, -0.1) is 0 Å². The van der Waals surface area contributed by atoms with E-state index >= 15 is 0 Å². The lowest BCUT2D eigenvalue weighted by molar-refractivity contribution is -0.122. The van der Waals surface area contributed by atoms with Crippen molar-refractivity contribution in [2.45, 2.75) is 25.8 Å². The molecule has 1 amide bonds. The van der Waals surface area contributed by atoms with Gasteiger partial charge in [-0.25, -0.2) is 8.42 Å². The highest BCUT2D eigenvalue weighted by Crippen LogP contribution is 2.17. The van der Waals surface area contributed by atoms with Crippen LogP contribution in [0.5, 0.6) is 0 Å². The van der Waals surface area contributed by atoms with Crippen molar-refractivity contribution in [1.82, 2.24) is 5.32 Å². The van der Waals surface area contributed by atoms with Crippen molar-refractivity contribution >= 4 is 21.6 Å². The molecule has 0 aliphatic carbocycles. The molecular formula is C15H24N2O4S. The number of para-hydroxylation sites is 1. The average molecular weight is 328 g/mol. The van der Waals surface area contributed by atoms with Crippen LogP contribution in [0.1, 0.15) is 19.8 Å². The molecule has 0 saturated carbocycles. The second-order valence-corrected chi connectivity index (χ2v) is 7.10. The molecule has 1 N–H and O–H groups in total. The fraction of sp³-hybridized carbons (Fsp3) is 0.533. The summed E-state index contributed by atoms with van der Waals surface area (Å²) in [6, 6.07) is 8.81. The predicted octanol–water partition coefficient (Wildman–Crippen LogP) is 1.38. The zero-order chi connectivity index (χ0) is 16.6. The zero-order valence-corrected chi connectivity index (χ0v) is 14.1. The molecule has 0 aromatic heterocycles. The van der Waals surface area contributed by atoms with Crippen molar-refractivity contribution in [3.05, 3.63) is 30.3 Å². The summed E-state index contributed by atoms with van der Waals surface area (Å²) in [4.78, 5) is 11.8. The van der Waals surface area contributed by atoms with Gasteiger partial charge in [0.1, 0.15) is 0 Å². The van der Waals surface area contributed by atoms with Crippen LogP contribution in [0.3, 0.4) is 0 Å². The molecule has 0 spiro atoms. The minimum absolute atomic E-state index is 0.0577. The average Bonchev–Trinajstić information content (AvgIpc) is 2.43. The fourth-order valence-corrected chi connectivity index (χ4v) is 3.07. The highest BCUT2D eigenvalue weighted by Gasteiger charge is 2.17. The predicted molar refractivity (Wildman–Crippen MR) is 87.3 cm³/mol. The SMILES string of the molecule is COC[C@@H](C)NC(=O)CCCN(c1ccccc1)S(C)(=O)=O. The lowest BCUT2D eigenvalue weighted by Gasteiger charge is -2.22. The van der Waals surface area contributed by atoms with Crippen molar-refractivity contribution in [3.63, 3.8) is 0 Å². The van der Waals surface area contributed by atoms with E-state index in [9.17, 15) is 13.2 Å². The number of amides is 1. The Bertz CT molecular complexity index is 560. The van der Waals surface area contributed by atoms with Crippen LogP contribution in [0, 0.1) is 0 Å². The first-order valence-electron chi connectivity index (χ1n) is 7.15. The molecule has 1 aromatic rings. The second-order valence-electron chi connectivity index (χ2n) is 5.20. The zero-order valence-electron chi connectivity index (χ0n) is 13.3. The molecule has 22 heavy (non-hydrogen) atoms. The van der Waals surface area contributed by atoms with Gasteiger partial charge in [-0.05, 0) is 25.5 Å². The number of hydrogen-bond acceptors (Lipinski definition) is 4. The molecule has 1 atom stereocenters. The Balaban J connectivity index is 2.54. The summed E-state index contributed by atoms with van der Waals surface area (Å²) < 4.78 is 30.0. The summed E-state index contributed by atoms with van der Waals surface area (Å²) in [7, 11) is -1.79. The van der Waals surface area contributed by atoms with Gasteiger partial charge in [0, 0.05) is 26.1 Å². The quantitative estimate of drug-likeness (QED) is 0.743. The third-order valence-corrected chi connectivity index (χ3v) is 4.23. The number of nitrogens with one attached hydrogen (secondary N) is 1. The second kappa shape index (κ2) is 8.75. The normalized spacial score (nSPS) is 12.7. The summed E-state index contributed by atoms with van der Waals surface area (Å²) in [6.45, 7) is 2.58. The summed E-state index contributed by atoms with van der Waals surface area (Å²) >= 11 is 0. The molecule has 124 valence electrons. The first-order valence-corrected chi connectivity index (χ1v) is 9.00. The highest BCUT2D eigenvalue weighted by atomic mass is 32.2. The lowest BCUT2D eigenvalue weighted by atomic mass is 10.2. The maximum atomic E-state index is 11.9. The van der Waals surface area contributed by atoms with Crippen LogP contribution < -0.4 is 9.62 Å². The van der Waals surface area contributed by atoms with Crippen molar-refractivity contribution in [3.8, 4) is 0 Å². The highest BCUT2D eigenvalue weighted by molar-refractivity contribution is 7.92. The minimum Gasteiger partial charge on any atom is -0.383 e. The van der Waals surface area contributed by atoms with E-state index in [4.69, 9.17) is 4.74 Å². The minimum atomic E-state index is -3.37. The van der Waals surface area contributed by atoms with Gasteiger partial charge in [0.15, 0.2) is 0 Å². The number of anilines is 1. The molecule has 0 saturated heterocycles. The van der Waals surface area contributed by atoms with Gasteiger partial charge in [0.05, 0.1) is 18.6 Å². The number of hydrogen-bond donors (Lipinski definition) is 1. The van der Waals surface area contributed by atoms with Gasteiger partial charge < -0.3 is 10.1 Å². The van der Waals surface area contributed by atoms with Crippen LogP contribution in [-0.2, 0) is 19.6 Å². The maximum absolute atomic E-state index is 11.9. The smallest absolute Gasteiger partial charge is 0.232 e. The molecule has 1 aromatic carbocycles. The number of rotatable bonds is 9. The molecule has 1 rings (SSSR count). The van der Waals surface area contributed by atoms with E-state index in [1.165, 1.54) is 10.6 Å². The van der Waals surface area contributed by atoms with E-state index in [0.29, 0.717) is 18.7 Å². The Kier molecular flexibility index (Phi) is 7.34. The molecule has 0 aliphatic heterocycles. The molecular weight excluding hydrogens is 304 g/mol. The Labute approximate surface area is 132 Å². The maximum Gasteiger partial charge on any atom is 0.232 e. The summed E-state index contributed by atoms with van der Waals surface area (Å²) in [5, 5.41) is 2.80. The topological polar surface area (TPSA) is 75.7 Å². The molecule has 7 heteroatoms. The van der Waals surface area contributed by atoms with Crippen LogP contribution in [0.25, 0.3) is 0 Å². The molecule has 0 bridgehead atoms. The number of benzene rings is 1. The lowest BCUT2D eigenvalue weighted by Crippen LogP contribution is -2.36. The van der Waals surface area contributed by atoms with Crippen LogP contribution in [0.4, 0.5) is 5.69 Å².